The maximum Gasteiger partial charge on any atom is 0.359 e. The van der Waals surface area contributed by atoms with Crippen LogP contribution in [0.3, 0.4) is 0 Å². The van der Waals surface area contributed by atoms with Crippen molar-refractivity contribution in [2.45, 2.75) is 0 Å². The molecule has 0 saturated carbocycles. The number of ether oxygens (including phenoxy) is 1. The minimum Gasteiger partial charge on any atom is -0.451 e. The Morgan fingerprint density at radius 1 is 1.31 bits per heavy atom. The summed E-state index contributed by atoms with van der Waals surface area (Å²) < 4.78 is 19.7. The van der Waals surface area contributed by atoms with E-state index in [1.54, 1.807) is 28.8 Å². The molecule has 3 aromatic rings. The highest BCUT2D eigenvalue weighted by Crippen LogP contribution is 2.21. The third-order valence-electron chi connectivity index (χ3n) is 3.33. The van der Waals surface area contributed by atoms with Crippen LogP contribution in [0.2, 0.25) is 0 Å². The van der Waals surface area contributed by atoms with Gasteiger partial charge in [0.1, 0.15) is 5.65 Å². The van der Waals surface area contributed by atoms with Gasteiger partial charge in [-0.2, -0.15) is 4.39 Å². The molecule has 9 nitrogen and oxygen atoms in total. The summed E-state index contributed by atoms with van der Waals surface area (Å²) in [6, 6.07) is 8.11. The lowest BCUT2D eigenvalue weighted by molar-refractivity contribution is -0.387. The number of nitrogens with zero attached hydrogens (tertiary/aromatic N) is 3. The predicted octanol–water partition coefficient (Wildman–Crippen LogP) is 2.18. The van der Waals surface area contributed by atoms with Gasteiger partial charge in [-0.05, 0) is 24.3 Å². The molecular weight excluding hydrogens is 347 g/mol. The van der Waals surface area contributed by atoms with Gasteiger partial charge in [0.25, 0.3) is 5.91 Å². The lowest BCUT2D eigenvalue weighted by atomic mass is 10.2. The lowest BCUT2D eigenvalue weighted by Gasteiger charge is -2.06. The number of fused-ring (bicyclic) bond motifs is 1. The quantitative estimate of drug-likeness (QED) is 0.424. The van der Waals surface area contributed by atoms with E-state index in [0.717, 1.165) is 18.2 Å². The summed E-state index contributed by atoms with van der Waals surface area (Å²) in [5.74, 6) is -2.55. The zero-order valence-electron chi connectivity index (χ0n) is 13.1. The molecule has 3 rings (SSSR count). The molecule has 10 heteroatoms. The number of anilines is 1. The number of benzene rings is 1. The van der Waals surface area contributed by atoms with Gasteiger partial charge in [0.2, 0.25) is 5.82 Å². The highest BCUT2D eigenvalue weighted by Gasteiger charge is 2.17. The molecule has 2 heterocycles. The number of imidazole rings is 1. The number of carbonyl (C=O) groups excluding carboxylic acids is 2. The van der Waals surface area contributed by atoms with Crippen LogP contribution >= 0.6 is 0 Å². The van der Waals surface area contributed by atoms with Crippen LogP contribution in [0.15, 0.2) is 48.8 Å². The first-order valence-electron chi connectivity index (χ1n) is 7.28. The molecule has 0 atom stereocenters. The van der Waals surface area contributed by atoms with E-state index in [1.807, 2.05) is 0 Å². The number of halogens is 1. The number of pyridine rings is 1. The zero-order valence-corrected chi connectivity index (χ0v) is 13.1. The van der Waals surface area contributed by atoms with Gasteiger partial charge < -0.3 is 14.5 Å². The van der Waals surface area contributed by atoms with Crippen LogP contribution in [0, 0.1) is 15.9 Å². The van der Waals surface area contributed by atoms with Gasteiger partial charge in [0.05, 0.1) is 4.92 Å². The number of nitrogens with one attached hydrogen (secondary N) is 1. The van der Waals surface area contributed by atoms with Crippen molar-refractivity contribution in [3.8, 4) is 0 Å². The maximum atomic E-state index is 13.3. The Bertz CT molecular complexity index is 984. The summed E-state index contributed by atoms with van der Waals surface area (Å²) in [4.78, 5) is 37.6. The van der Waals surface area contributed by atoms with Crippen molar-refractivity contribution < 1.29 is 23.6 Å². The third-order valence-corrected chi connectivity index (χ3v) is 3.33. The number of rotatable bonds is 5. The van der Waals surface area contributed by atoms with Crippen molar-refractivity contribution in [2.24, 2.45) is 0 Å². The molecule has 0 spiro atoms. The van der Waals surface area contributed by atoms with Crippen molar-refractivity contribution in [3.63, 3.8) is 0 Å². The van der Waals surface area contributed by atoms with Gasteiger partial charge >= 0.3 is 11.7 Å². The van der Waals surface area contributed by atoms with Crippen molar-refractivity contribution in [3.05, 3.63) is 70.4 Å². The number of carbonyl (C=O) groups is 2. The van der Waals surface area contributed by atoms with Crippen LogP contribution < -0.4 is 5.32 Å². The Labute approximate surface area is 145 Å². The van der Waals surface area contributed by atoms with Crippen molar-refractivity contribution in [1.82, 2.24) is 9.38 Å². The second-order valence-electron chi connectivity index (χ2n) is 5.14. The van der Waals surface area contributed by atoms with E-state index in [4.69, 9.17) is 4.74 Å². The maximum absolute atomic E-state index is 13.3. The van der Waals surface area contributed by atoms with Crippen LogP contribution in [0.4, 0.5) is 15.8 Å². The van der Waals surface area contributed by atoms with Gasteiger partial charge in [-0.3, -0.25) is 14.9 Å². The molecule has 26 heavy (non-hydrogen) atoms. The van der Waals surface area contributed by atoms with E-state index in [-0.39, 0.29) is 11.4 Å². The number of nitro groups is 1. The van der Waals surface area contributed by atoms with Crippen molar-refractivity contribution in [2.75, 3.05) is 11.9 Å². The smallest absolute Gasteiger partial charge is 0.359 e. The second kappa shape index (κ2) is 6.97. The molecule has 1 N–H and O–H groups in total. The number of esters is 1. The normalized spacial score (nSPS) is 10.5. The largest absolute Gasteiger partial charge is 0.451 e. The van der Waals surface area contributed by atoms with Gasteiger partial charge in [-0.15, -0.1) is 0 Å². The summed E-state index contributed by atoms with van der Waals surface area (Å²) in [7, 11) is 0. The second-order valence-corrected chi connectivity index (χ2v) is 5.14. The van der Waals surface area contributed by atoms with Crippen molar-refractivity contribution in [1.29, 1.82) is 0 Å². The Balaban J connectivity index is 1.61. The number of aromatic nitrogens is 2. The summed E-state index contributed by atoms with van der Waals surface area (Å²) in [5.41, 5.74) is -0.194. The Morgan fingerprint density at radius 3 is 2.85 bits per heavy atom. The highest BCUT2D eigenvalue weighted by atomic mass is 19.1. The Morgan fingerprint density at radius 2 is 2.12 bits per heavy atom. The first-order chi connectivity index (χ1) is 12.4. The molecule has 0 aliphatic heterocycles. The molecule has 1 aromatic carbocycles. The number of nitro benzene ring substituents is 1. The van der Waals surface area contributed by atoms with Gasteiger partial charge in [0.15, 0.2) is 12.3 Å². The predicted molar refractivity (Wildman–Crippen MR) is 87.2 cm³/mol. The molecule has 132 valence electrons. The van der Waals surface area contributed by atoms with E-state index in [1.165, 1.54) is 6.20 Å². The number of hydrogen-bond donors (Lipinski definition) is 1. The fourth-order valence-corrected chi connectivity index (χ4v) is 2.17. The summed E-state index contributed by atoms with van der Waals surface area (Å²) in [6.45, 7) is -0.627. The topological polar surface area (TPSA) is 116 Å². The highest BCUT2D eigenvalue weighted by molar-refractivity contribution is 5.95. The van der Waals surface area contributed by atoms with Gasteiger partial charge in [0, 0.05) is 24.1 Å². The molecule has 2 aromatic heterocycles. The molecule has 0 bridgehead atoms. The average molecular weight is 358 g/mol. The number of amides is 1. The Hall–Kier alpha value is -3.82. The van der Waals surface area contributed by atoms with E-state index < -0.39 is 34.9 Å². The summed E-state index contributed by atoms with van der Waals surface area (Å²) in [5, 5.41) is 13.0. The fourth-order valence-electron chi connectivity index (χ4n) is 2.17. The molecule has 0 fully saturated rings. The number of hydrogen-bond acceptors (Lipinski definition) is 6. The first kappa shape index (κ1) is 17.0. The van der Waals surface area contributed by atoms with Gasteiger partial charge in [-0.1, -0.05) is 6.07 Å². The van der Waals surface area contributed by atoms with Crippen LogP contribution in [0.5, 0.6) is 0 Å². The minimum atomic E-state index is -1.02. The monoisotopic (exact) mass is 358 g/mol. The lowest BCUT2D eigenvalue weighted by Crippen LogP contribution is -2.21. The van der Waals surface area contributed by atoms with Crippen LogP contribution in [-0.2, 0) is 9.53 Å². The first-order valence-corrected chi connectivity index (χ1v) is 7.28. The summed E-state index contributed by atoms with van der Waals surface area (Å²) in [6.07, 6.45) is 3.16. The molecule has 0 radical (unpaired) electrons. The van der Waals surface area contributed by atoms with E-state index in [9.17, 15) is 24.1 Å². The SMILES string of the molecule is O=C(COC(=O)c1cn2ccccc2n1)Nc1ccc(F)c([N+](=O)[O-])c1. The molecular formula is C16H11FN4O5. The minimum absolute atomic E-state index is 0.00637. The molecule has 0 aliphatic rings. The zero-order chi connectivity index (χ0) is 18.7. The fraction of sp³-hybridized carbons (Fsp3) is 0.0625. The molecule has 0 unspecified atom stereocenters. The standard InChI is InChI=1S/C16H11FN4O5/c17-11-5-4-10(7-13(11)21(24)25)18-15(22)9-26-16(23)12-8-20-6-2-1-3-14(20)19-12/h1-8H,9H2,(H,18,22). The summed E-state index contributed by atoms with van der Waals surface area (Å²) >= 11 is 0. The van der Waals surface area contributed by atoms with E-state index in [0.29, 0.717) is 5.65 Å². The van der Waals surface area contributed by atoms with Crippen molar-refractivity contribution >= 4 is 28.9 Å². The van der Waals surface area contributed by atoms with E-state index >= 15 is 0 Å². The van der Waals surface area contributed by atoms with Gasteiger partial charge in [-0.25, -0.2) is 9.78 Å². The van der Waals surface area contributed by atoms with E-state index in [2.05, 4.69) is 10.3 Å². The van der Waals surface area contributed by atoms with Crippen LogP contribution in [0.1, 0.15) is 10.5 Å². The molecule has 1 amide bonds. The van der Waals surface area contributed by atoms with Crippen LogP contribution in [0.25, 0.3) is 5.65 Å². The van der Waals surface area contributed by atoms with Crippen LogP contribution in [-0.4, -0.2) is 32.8 Å². The molecule has 0 saturated heterocycles. The average Bonchev–Trinajstić information content (AvgIpc) is 3.05. The third kappa shape index (κ3) is 3.64. The molecule has 0 aliphatic carbocycles. The Kier molecular flexibility index (Phi) is 4.56.